The second-order valence-corrected chi connectivity index (χ2v) is 6.26. The van der Waals surface area contributed by atoms with E-state index in [-0.39, 0.29) is 11.9 Å². The molecule has 1 aliphatic heterocycles. The maximum absolute atomic E-state index is 12.8. The quantitative estimate of drug-likeness (QED) is 0.779. The molecule has 0 saturated carbocycles. The molecule has 2 aromatic heterocycles. The van der Waals surface area contributed by atoms with E-state index in [0.29, 0.717) is 17.9 Å². The Bertz CT molecular complexity index is 866. The Balaban J connectivity index is 1.46. The van der Waals surface area contributed by atoms with Gasteiger partial charge in [0.05, 0.1) is 12.4 Å². The number of aromatic nitrogens is 3. The van der Waals surface area contributed by atoms with Crippen LogP contribution in [0.25, 0.3) is 11.3 Å². The van der Waals surface area contributed by atoms with Crippen molar-refractivity contribution in [3.8, 4) is 11.3 Å². The number of hydrogen-bond acceptors (Lipinski definition) is 6. The molecule has 0 aliphatic carbocycles. The summed E-state index contributed by atoms with van der Waals surface area (Å²) in [5.74, 6) is 1.15. The lowest BCUT2D eigenvalue weighted by Crippen LogP contribution is -2.48. The third-order valence-electron chi connectivity index (χ3n) is 4.48. The summed E-state index contributed by atoms with van der Waals surface area (Å²) in [5, 5.41) is 6.91. The first-order valence-corrected chi connectivity index (χ1v) is 8.63. The molecule has 7 heteroatoms. The van der Waals surface area contributed by atoms with E-state index in [0.717, 1.165) is 30.8 Å². The lowest BCUT2D eigenvalue weighted by Gasteiger charge is -2.33. The molecule has 0 unspecified atom stereocenters. The van der Waals surface area contributed by atoms with Gasteiger partial charge in [-0.2, -0.15) is 0 Å². The van der Waals surface area contributed by atoms with Crippen LogP contribution in [-0.4, -0.2) is 40.2 Å². The minimum atomic E-state index is -0.170. The van der Waals surface area contributed by atoms with Crippen LogP contribution in [0.4, 0.5) is 5.82 Å². The Morgan fingerprint density at radius 3 is 2.88 bits per heavy atom. The van der Waals surface area contributed by atoms with Crippen LogP contribution in [0.15, 0.2) is 59.6 Å². The van der Waals surface area contributed by atoms with Crippen LogP contribution in [-0.2, 0) is 0 Å². The highest BCUT2D eigenvalue weighted by molar-refractivity contribution is 5.99. The van der Waals surface area contributed by atoms with E-state index in [9.17, 15) is 4.79 Å². The first-order chi connectivity index (χ1) is 12.8. The number of nitrogens with zero attached hydrogens (tertiary/aromatic N) is 4. The number of rotatable bonds is 4. The number of carbonyl (C=O) groups is 1. The molecule has 1 aromatic carbocycles. The molecule has 0 spiro atoms. The Hall–Kier alpha value is -3.22. The normalized spacial score (nSPS) is 17.1. The summed E-state index contributed by atoms with van der Waals surface area (Å²) in [6.07, 6.45) is 8.47. The molecule has 0 bridgehead atoms. The zero-order valence-corrected chi connectivity index (χ0v) is 14.2. The Labute approximate surface area is 151 Å². The highest BCUT2D eigenvalue weighted by Gasteiger charge is 2.25. The Kier molecular flexibility index (Phi) is 4.59. The fourth-order valence-corrected chi connectivity index (χ4v) is 3.22. The number of amides is 1. The number of nitrogens with one attached hydrogen (secondary N) is 1. The Morgan fingerprint density at radius 2 is 2.08 bits per heavy atom. The summed E-state index contributed by atoms with van der Waals surface area (Å²) in [5.41, 5.74) is 1.29. The van der Waals surface area contributed by atoms with E-state index in [1.54, 1.807) is 18.6 Å². The van der Waals surface area contributed by atoms with Gasteiger partial charge in [0.2, 0.25) is 0 Å². The third kappa shape index (κ3) is 3.42. The lowest BCUT2D eigenvalue weighted by molar-refractivity contribution is 0.0933. The van der Waals surface area contributed by atoms with Crippen molar-refractivity contribution in [3.05, 3.63) is 60.7 Å². The molecule has 1 saturated heterocycles. The lowest BCUT2D eigenvalue weighted by atomic mass is 10.0. The minimum Gasteiger partial charge on any atom is -0.355 e. The van der Waals surface area contributed by atoms with Gasteiger partial charge in [0, 0.05) is 37.1 Å². The number of anilines is 1. The van der Waals surface area contributed by atoms with E-state index in [2.05, 4.69) is 25.3 Å². The van der Waals surface area contributed by atoms with Crippen molar-refractivity contribution in [3.63, 3.8) is 0 Å². The van der Waals surface area contributed by atoms with E-state index < -0.39 is 0 Å². The van der Waals surface area contributed by atoms with Crippen molar-refractivity contribution in [1.82, 2.24) is 20.4 Å². The van der Waals surface area contributed by atoms with Crippen molar-refractivity contribution in [2.75, 3.05) is 18.0 Å². The fourth-order valence-electron chi connectivity index (χ4n) is 3.22. The zero-order chi connectivity index (χ0) is 17.8. The smallest absolute Gasteiger partial charge is 0.257 e. The summed E-state index contributed by atoms with van der Waals surface area (Å²) in [7, 11) is 0. The molecular formula is C19H19N5O2. The molecule has 3 aromatic rings. The molecular weight excluding hydrogens is 330 g/mol. The van der Waals surface area contributed by atoms with Crippen LogP contribution >= 0.6 is 0 Å². The summed E-state index contributed by atoms with van der Waals surface area (Å²) >= 11 is 0. The third-order valence-corrected chi connectivity index (χ3v) is 4.48. The average Bonchev–Trinajstić information content (AvgIpc) is 3.20. The maximum atomic E-state index is 12.8. The summed E-state index contributed by atoms with van der Waals surface area (Å²) in [6, 6.07) is 9.56. The molecule has 4 rings (SSSR count). The van der Waals surface area contributed by atoms with Gasteiger partial charge >= 0.3 is 0 Å². The molecule has 0 radical (unpaired) electrons. The molecule has 132 valence electrons. The van der Waals surface area contributed by atoms with Gasteiger partial charge in [0.1, 0.15) is 11.4 Å². The van der Waals surface area contributed by atoms with Crippen LogP contribution in [0.3, 0.4) is 0 Å². The molecule has 1 amide bonds. The largest absolute Gasteiger partial charge is 0.355 e. The highest BCUT2D eigenvalue weighted by Crippen LogP contribution is 2.24. The number of benzene rings is 1. The van der Waals surface area contributed by atoms with Gasteiger partial charge in [0.25, 0.3) is 5.91 Å². The van der Waals surface area contributed by atoms with Crippen molar-refractivity contribution in [1.29, 1.82) is 0 Å². The monoisotopic (exact) mass is 349 g/mol. The minimum absolute atomic E-state index is 0.0387. The van der Waals surface area contributed by atoms with Gasteiger partial charge in [-0.25, -0.2) is 4.98 Å². The fraction of sp³-hybridized carbons (Fsp3) is 0.263. The SMILES string of the molecule is O=C(N[C@H]1CCCN(c2cnccn2)C1)c1cnoc1-c1ccccc1. The van der Waals surface area contributed by atoms with Crippen molar-refractivity contribution in [2.45, 2.75) is 18.9 Å². The predicted octanol–water partition coefficient (Wildman–Crippen LogP) is 2.53. The van der Waals surface area contributed by atoms with Crippen molar-refractivity contribution >= 4 is 11.7 Å². The molecule has 1 aliphatic rings. The van der Waals surface area contributed by atoms with Gasteiger partial charge in [-0.1, -0.05) is 35.5 Å². The standard InChI is InChI=1S/C19H19N5O2/c25-19(16-11-22-26-18(16)14-5-2-1-3-6-14)23-15-7-4-10-24(13-15)17-12-20-8-9-21-17/h1-3,5-6,8-9,11-12,15H,4,7,10,13H2,(H,23,25)/t15-/m0/s1. The second kappa shape index (κ2) is 7.35. The maximum Gasteiger partial charge on any atom is 0.257 e. The van der Waals surface area contributed by atoms with E-state index in [1.807, 2.05) is 30.3 Å². The number of hydrogen-bond donors (Lipinski definition) is 1. The van der Waals surface area contributed by atoms with Gasteiger partial charge in [-0.15, -0.1) is 0 Å². The molecule has 1 atom stereocenters. The van der Waals surface area contributed by atoms with Crippen LogP contribution in [0.5, 0.6) is 0 Å². The average molecular weight is 349 g/mol. The number of carbonyl (C=O) groups excluding carboxylic acids is 1. The van der Waals surface area contributed by atoms with Gasteiger partial charge in [-0.05, 0) is 12.8 Å². The van der Waals surface area contributed by atoms with Crippen LogP contribution < -0.4 is 10.2 Å². The van der Waals surface area contributed by atoms with Crippen LogP contribution in [0.2, 0.25) is 0 Å². The van der Waals surface area contributed by atoms with Crippen molar-refractivity contribution < 1.29 is 9.32 Å². The molecule has 26 heavy (non-hydrogen) atoms. The van der Waals surface area contributed by atoms with E-state index in [1.165, 1.54) is 6.20 Å². The molecule has 7 nitrogen and oxygen atoms in total. The van der Waals surface area contributed by atoms with Crippen LogP contribution in [0, 0.1) is 0 Å². The first-order valence-electron chi connectivity index (χ1n) is 8.63. The summed E-state index contributed by atoms with van der Waals surface area (Å²) in [6.45, 7) is 1.62. The first kappa shape index (κ1) is 16.3. The van der Waals surface area contributed by atoms with Gasteiger partial charge in [-0.3, -0.25) is 9.78 Å². The van der Waals surface area contributed by atoms with E-state index in [4.69, 9.17) is 4.52 Å². The zero-order valence-electron chi connectivity index (χ0n) is 14.2. The van der Waals surface area contributed by atoms with Crippen molar-refractivity contribution in [2.24, 2.45) is 0 Å². The van der Waals surface area contributed by atoms with Gasteiger partial charge in [0.15, 0.2) is 5.76 Å². The molecule has 3 heterocycles. The molecule has 1 N–H and O–H groups in total. The topological polar surface area (TPSA) is 84.2 Å². The second-order valence-electron chi connectivity index (χ2n) is 6.26. The Morgan fingerprint density at radius 1 is 1.19 bits per heavy atom. The van der Waals surface area contributed by atoms with E-state index >= 15 is 0 Å². The molecule has 1 fully saturated rings. The van der Waals surface area contributed by atoms with Crippen LogP contribution in [0.1, 0.15) is 23.2 Å². The number of piperidine rings is 1. The summed E-state index contributed by atoms with van der Waals surface area (Å²) < 4.78 is 5.31. The highest BCUT2D eigenvalue weighted by atomic mass is 16.5. The van der Waals surface area contributed by atoms with Gasteiger partial charge < -0.3 is 14.7 Å². The summed E-state index contributed by atoms with van der Waals surface area (Å²) in [4.78, 5) is 23.4. The predicted molar refractivity (Wildman–Crippen MR) is 96.7 cm³/mol.